The molecule has 148 valence electrons. The highest BCUT2D eigenvalue weighted by molar-refractivity contribution is 6.17. The van der Waals surface area contributed by atoms with Crippen LogP contribution in [0, 0.1) is 0 Å². The molecule has 2 aromatic heterocycles. The monoisotopic (exact) mass is 400 g/mol. The van der Waals surface area contributed by atoms with Crippen LogP contribution in [0.5, 0.6) is 23.0 Å². The molecular formula is C23H16N2O5. The quantitative estimate of drug-likeness (QED) is 0.444. The first kappa shape index (κ1) is 17.8. The molecule has 0 bridgehead atoms. The lowest BCUT2D eigenvalue weighted by molar-refractivity contribution is 0.101. The average molecular weight is 400 g/mol. The van der Waals surface area contributed by atoms with E-state index >= 15 is 0 Å². The zero-order valence-corrected chi connectivity index (χ0v) is 15.8. The summed E-state index contributed by atoms with van der Waals surface area (Å²) in [5.41, 5.74) is 3.20. The number of rotatable bonds is 3. The van der Waals surface area contributed by atoms with Gasteiger partial charge in [-0.25, -0.2) is 0 Å². The van der Waals surface area contributed by atoms with Crippen molar-refractivity contribution in [2.24, 2.45) is 0 Å². The predicted octanol–water partition coefficient (Wildman–Crippen LogP) is 4.27. The molecular weight excluding hydrogens is 384 g/mol. The van der Waals surface area contributed by atoms with Crippen molar-refractivity contribution in [2.75, 3.05) is 7.11 Å². The van der Waals surface area contributed by atoms with Crippen LogP contribution in [-0.4, -0.2) is 33.1 Å². The number of methoxy groups -OCH3 is 1. The van der Waals surface area contributed by atoms with Crippen molar-refractivity contribution in [2.45, 2.75) is 0 Å². The number of phenolic OH excluding ortho intramolecular Hbond substituents is 2. The Labute approximate surface area is 170 Å². The fraction of sp³-hybridized carbons (Fsp3) is 0.0435. The Morgan fingerprint density at radius 2 is 2.03 bits per heavy atom. The van der Waals surface area contributed by atoms with Crippen LogP contribution >= 0.6 is 0 Å². The Hall–Kier alpha value is -4.26. The molecule has 4 aromatic rings. The van der Waals surface area contributed by atoms with E-state index in [2.05, 4.69) is 9.97 Å². The second-order valence-electron chi connectivity index (χ2n) is 6.84. The van der Waals surface area contributed by atoms with E-state index in [1.54, 1.807) is 25.6 Å². The summed E-state index contributed by atoms with van der Waals surface area (Å²) in [5, 5.41) is 20.6. The van der Waals surface area contributed by atoms with Gasteiger partial charge in [-0.1, -0.05) is 0 Å². The van der Waals surface area contributed by atoms with Gasteiger partial charge in [0.1, 0.15) is 28.6 Å². The maximum Gasteiger partial charge on any atom is 0.235 e. The Bertz CT molecular complexity index is 1340. The first-order valence-electron chi connectivity index (χ1n) is 9.15. The van der Waals surface area contributed by atoms with Gasteiger partial charge in [0.2, 0.25) is 5.78 Å². The molecule has 0 fully saturated rings. The number of phenols is 2. The summed E-state index contributed by atoms with van der Waals surface area (Å²) in [4.78, 5) is 20.4. The van der Waals surface area contributed by atoms with Gasteiger partial charge in [-0.3, -0.25) is 9.78 Å². The summed E-state index contributed by atoms with van der Waals surface area (Å²) in [7, 11) is 1.59. The first-order chi connectivity index (χ1) is 14.5. The molecule has 0 spiro atoms. The van der Waals surface area contributed by atoms with Crippen LogP contribution < -0.4 is 9.47 Å². The maximum atomic E-state index is 12.9. The van der Waals surface area contributed by atoms with Crippen molar-refractivity contribution in [3.05, 3.63) is 71.7 Å². The lowest BCUT2D eigenvalue weighted by atomic mass is 10.0. The SMILES string of the molecule is COc1ccc2[nH]c(-c3cccnc3)c(/C=C3\Oc4cc(O)cc(O)c4C3=O)c2c1. The zero-order chi connectivity index (χ0) is 20.8. The van der Waals surface area contributed by atoms with Crippen molar-refractivity contribution >= 4 is 22.8 Å². The van der Waals surface area contributed by atoms with Crippen LogP contribution in [0.4, 0.5) is 0 Å². The van der Waals surface area contributed by atoms with Gasteiger partial charge in [0.25, 0.3) is 0 Å². The summed E-state index contributed by atoms with van der Waals surface area (Å²) >= 11 is 0. The van der Waals surface area contributed by atoms with Gasteiger partial charge in [-0.2, -0.15) is 0 Å². The minimum Gasteiger partial charge on any atom is -0.508 e. The molecule has 1 aliphatic rings. The van der Waals surface area contributed by atoms with Gasteiger partial charge in [-0.05, 0) is 36.4 Å². The molecule has 3 N–H and O–H groups in total. The second kappa shape index (κ2) is 6.66. The average Bonchev–Trinajstić information content (AvgIpc) is 3.26. The molecule has 0 amide bonds. The molecule has 0 saturated carbocycles. The van der Waals surface area contributed by atoms with E-state index in [4.69, 9.17) is 9.47 Å². The van der Waals surface area contributed by atoms with Crippen molar-refractivity contribution in [1.82, 2.24) is 9.97 Å². The molecule has 3 heterocycles. The summed E-state index contributed by atoms with van der Waals surface area (Å²) in [6.45, 7) is 0. The van der Waals surface area contributed by atoms with Gasteiger partial charge < -0.3 is 24.7 Å². The third kappa shape index (κ3) is 2.76. The molecule has 2 aromatic carbocycles. The number of carbonyl (C=O) groups excluding carboxylic acids is 1. The largest absolute Gasteiger partial charge is 0.508 e. The van der Waals surface area contributed by atoms with Gasteiger partial charge in [0, 0.05) is 46.6 Å². The van der Waals surface area contributed by atoms with E-state index < -0.39 is 5.78 Å². The summed E-state index contributed by atoms with van der Waals surface area (Å²) in [5.74, 6) is -0.149. The lowest BCUT2D eigenvalue weighted by Crippen LogP contribution is -1.98. The van der Waals surface area contributed by atoms with E-state index in [1.165, 1.54) is 6.07 Å². The number of nitrogens with zero attached hydrogens (tertiary/aromatic N) is 1. The molecule has 0 aliphatic carbocycles. The number of allylic oxidation sites excluding steroid dienone is 1. The van der Waals surface area contributed by atoms with Crippen LogP contribution in [0.25, 0.3) is 28.2 Å². The molecule has 0 radical (unpaired) electrons. The van der Waals surface area contributed by atoms with Crippen molar-refractivity contribution < 1.29 is 24.5 Å². The number of nitrogens with one attached hydrogen (secondary N) is 1. The fourth-order valence-corrected chi connectivity index (χ4v) is 3.62. The van der Waals surface area contributed by atoms with Crippen LogP contribution in [0.3, 0.4) is 0 Å². The maximum absolute atomic E-state index is 12.9. The molecule has 30 heavy (non-hydrogen) atoms. The molecule has 7 heteroatoms. The Balaban J connectivity index is 1.72. The standard InChI is InChI=1S/C23H16N2O5/c1-29-14-4-5-17-15(9-14)16(22(25-17)12-3-2-6-24-11-12)10-20-23(28)21-18(27)7-13(26)8-19(21)30-20/h2-11,25-27H,1H3/b20-10-. The minimum absolute atomic E-state index is 0.0272. The molecule has 1 aliphatic heterocycles. The Morgan fingerprint density at radius 3 is 2.80 bits per heavy atom. The molecule has 5 rings (SSSR count). The van der Waals surface area contributed by atoms with Crippen molar-refractivity contribution in [3.63, 3.8) is 0 Å². The number of H-pyrrole nitrogens is 1. The zero-order valence-electron chi connectivity index (χ0n) is 15.8. The van der Waals surface area contributed by atoms with Crippen LogP contribution in [0.1, 0.15) is 15.9 Å². The highest BCUT2D eigenvalue weighted by Crippen LogP contribution is 2.42. The van der Waals surface area contributed by atoms with E-state index in [0.29, 0.717) is 5.75 Å². The number of Topliss-reactive ketones (excluding diaryl/α,β-unsaturated/α-hetero) is 1. The number of ketones is 1. The number of carbonyl (C=O) groups is 1. The Kier molecular flexibility index (Phi) is 3.96. The molecule has 7 nitrogen and oxygen atoms in total. The molecule has 0 unspecified atom stereocenters. The number of fused-ring (bicyclic) bond motifs is 2. The second-order valence-corrected chi connectivity index (χ2v) is 6.84. The van der Waals surface area contributed by atoms with E-state index in [9.17, 15) is 15.0 Å². The van der Waals surface area contributed by atoms with Gasteiger partial charge in [0.15, 0.2) is 5.76 Å². The third-order valence-corrected chi connectivity index (χ3v) is 5.01. The van der Waals surface area contributed by atoms with Crippen molar-refractivity contribution in [1.29, 1.82) is 0 Å². The topological polar surface area (TPSA) is 105 Å². The number of ether oxygens (including phenoxy) is 2. The Morgan fingerprint density at radius 1 is 1.17 bits per heavy atom. The van der Waals surface area contributed by atoms with E-state index in [-0.39, 0.29) is 28.6 Å². The molecule has 0 saturated heterocycles. The number of hydrogen-bond donors (Lipinski definition) is 3. The normalized spacial score (nSPS) is 14.2. The number of benzene rings is 2. The van der Waals surface area contributed by atoms with E-state index in [0.717, 1.165) is 33.8 Å². The highest BCUT2D eigenvalue weighted by Gasteiger charge is 2.32. The van der Waals surface area contributed by atoms with Gasteiger partial charge >= 0.3 is 0 Å². The van der Waals surface area contributed by atoms with Crippen molar-refractivity contribution in [3.8, 4) is 34.3 Å². The van der Waals surface area contributed by atoms with Crippen LogP contribution in [0.2, 0.25) is 0 Å². The summed E-state index contributed by atoms with van der Waals surface area (Å²) in [6, 6.07) is 11.8. The summed E-state index contributed by atoms with van der Waals surface area (Å²) < 4.78 is 11.0. The minimum atomic E-state index is -0.461. The third-order valence-electron chi connectivity index (χ3n) is 5.01. The van der Waals surface area contributed by atoms with Gasteiger partial charge in [-0.15, -0.1) is 0 Å². The van der Waals surface area contributed by atoms with E-state index in [1.807, 2.05) is 30.3 Å². The predicted molar refractivity (Wildman–Crippen MR) is 111 cm³/mol. The number of pyridine rings is 1. The first-order valence-corrected chi connectivity index (χ1v) is 9.15. The summed E-state index contributed by atoms with van der Waals surface area (Å²) in [6.07, 6.45) is 5.03. The van der Waals surface area contributed by atoms with Crippen LogP contribution in [-0.2, 0) is 0 Å². The van der Waals surface area contributed by atoms with Crippen LogP contribution in [0.15, 0.2) is 60.6 Å². The molecule has 0 atom stereocenters. The number of hydrogen-bond acceptors (Lipinski definition) is 6. The van der Waals surface area contributed by atoms with Gasteiger partial charge in [0.05, 0.1) is 12.8 Å². The fourth-order valence-electron chi connectivity index (χ4n) is 3.62. The number of aromatic nitrogens is 2. The number of aromatic hydroxyl groups is 2. The lowest BCUT2D eigenvalue weighted by Gasteiger charge is -2.03. The highest BCUT2D eigenvalue weighted by atomic mass is 16.5. The number of aromatic amines is 1. The smallest absolute Gasteiger partial charge is 0.235 e.